The van der Waals surface area contributed by atoms with Gasteiger partial charge in [0.05, 0.1) is 19.3 Å². The zero-order valence-corrected chi connectivity index (χ0v) is 9.95. The molecule has 0 atom stereocenters. The van der Waals surface area contributed by atoms with Crippen LogP contribution < -0.4 is 5.73 Å². The van der Waals surface area contributed by atoms with E-state index >= 15 is 0 Å². The second kappa shape index (κ2) is 5.64. The number of ether oxygens (including phenoxy) is 1. The molecule has 16 heavy (non-hydrogen) atoms. The van der Waals surface area contributed by atoms with Gasteiger partial charge in [0.25, 0.3) is 0 Å². The lowest BCUT2D eigenvalue weighted by molar-refractivity contribution is -0.0664. The van der Waals surface area contributed by atoms with Crippen molar-refractivity contribution in [2.75, 3.05) is 6.61 Å². The van der Waals surface area contributed by atoms with Crippen LogP contribution in [0.5, 0.6) is 0 Å². The summed E-state index contributed by atoms with van der Waals surface area (Å²) in [6.07, 6.45) is 1.73. The Morgan fingerprint density at radius 2 is 1.94 bits per heavy atom. The van der Waals surface area contributed by atoms with Gasteiger partial charge in [-0.1, -0.05) is 30.3 Å². The van der Waals surface area contributed by atoms with Gasteiger partial charge < -0.3 is 15.6 Å². The van der Waals surface area contributed by atoms with Crippen molar-refractivity contribution >= 4 is 12.4 Å². The summed E-state index contributed by atoms with van der Waals surface area (Å²) in [6.45, 7) is 0.686. The van der Waals surface area contributed by atoms with Crippen molar-refractivity contribution in [3.63, 3.8) is 0 Å². The lowest BCUT2D eigenvalue weighted by atomic mass is 9.76. The molecule has 1 aromatic carbocycles. The normalized spacial score (nSPS) is 28.0. The lowest BCUT2D eigenvalue weighted by Gasteiger charge is -2.43. The zero-order chi connectivity index (χ0) is 10.7. The van der Waals surface area contributed by atoms with Gasteiger partial charge in [-0.3, -0.25) is 0 Å². The molecule has 0 amide bonds. The van der Waals surface area contributed by atoms with E-state index < -0.39 is 0 Å². The molecule has 1 saturated carbocycles. The number of aliphatic hydroxyl groups is 1. The molecule has 0 aromatic heterocycles. The number of benzene rings is 1. The fraction of sp³-hybridized carbons (Fsp3) is 0.500. The van der Waals surface area contributed by atoms with Gasteiger partial charge in [-0.25, -0.2) is 0 Å². The van der Waals surface area contributed by atoms with Gasteiger partial charge in [0.1, 0.15) is 0 Å². The minimum absolute atomic E-state index is 0. The minimum Gasteiger partial charge on any atom is -0.394 e. The van der Waals surface area contributed by atoms with Crippen molar-refractivity contribution in [2.45, 2.75) is 31.1 Å². The van der Waals surface area contributed by atoms with Crippen LogP contribution in [0.25, 0.3) is 0 Å². The van der Waals surface area contributed by atoms with Crippen LogP contribution in [-0.2, 0) is 11.3 Å². The molecule has 90 valence electrons. The predicted octanol–water partition coefficient (Wildman–Crippen LogP) is 1.48. The van der Waals surface area contributed by atoms with Crippen molar-refractivity contribution in [3.8, 4) is 0 Å². The topological polar surface area (TPSA) is 55.5 Å². The highest BCUT2D eigenvalue weighted by molar-refractivity contribution is 5.85. The van der Waals surface area contributed by atoms with Crippen LogP contribution >= 0.6 is 12.4 Å². The van der Waals surface area contributed by atoms with E-state index in [1.807, 2.05) is 30.3 Å². The Bertz CT molecular complexity index is 312. The summed E-state index contributed by atoms with van der Waals surface area (Å²) in [4.78, 5) is 0. The van der Waals surface area contributed by atoms with Crippen LogP contribution in [0.1, 0.15) is 18.4 Å². The molecule has 0 aliphatic heterocycles. The molecule has 1 aliphatic carbocycles. The van der Waals surface area contributed by atoms with Gasteiger partial charge in [0.2, 0.25) is 0 Å². The predicted molar refractivity (Wildman–Crippen MR) is 65.5 cm³/mol. The molecule has 2 rings (SSSR count). The standard InChI is InChI=1S/C12H17NO2.ClH/c13-12(9-14)6-11(7-12)15-8-10-4-2-1-3-5-10;/h1-5,11,14H,6-9,13H2;1H/t11-,12+;. The summed E-state index contributed by atoms with van der Waals surface area (Å²) in [7, 11) is 0. The third kappa shape index (κ3) is 3.19. The fourth-order valence-electron chi connectivity index (χ4n) is 1.88. The molecule has 3 nitrogen and oxygen atoms in total. The molecule has 1 aliphatic rings. The molecule has 3 N–H and O–H groups in total. The number of halogens is 1. The maximum atomic E-state index is 8.97. The van der Waals surface area contributed by atoms with E-state index in [0.29, 0.717) is 6.61 Å². The highest BCUT2D eigenvalue weighted by atomic mass is 35.5. The van der Waals surface area contributed by atoms with Gasteiger partial charge in [0.15, 0.2) is 0 Å². The van der Waals surface area contributed by atoms with Gasteiger partial charge in [0, 0.05) is 5.54 Å². The van der Waals surface area contributed by atoms with E-state index in [9.17, 15) is 0 Å². The maximum absolute atomic E-state index is 8.97. The molecule has 0 bridgehead atoms. The Labute approximate surface area is 102 Å². The van der Waals surface area contributed by atoms with E-state index in [2.05, 4.69) is 0 Å². The SMILES string of the molecule is Cl.N[C@]1(CO)C[C@H](OCc2ccccc2)C1. The first-order chi connectivity index (χ1) is 7.22. The van der Waals surface area contributed by atoms with Gasteiger partial charge in [-0.15, -0.1) is 12.4 Å². The molecular formula is C12H18ClNO2. The zero-order valence-electron chi connectivity index (χ0n) is 9.13. The highest BCUT2D eigenvalue weighted by Crippen LogP contribution is 2.32. The molecule has 4 heteroatoms. The van der Waals surface area contributed by atoms with E-state index in [0.717, 1.165) is 12.8 Å². The highest BCUT2D eigenvalue weighted by Gasteiger charge is 2.41. The van der Waals surface area contributed by atoms with E-state index in [1.165, 1.54) is 5.56 Å². The minimum atomic E-state index is -0.388. The molecule has 1 fully saturated rings. The first-order valence-electron chi connectivity index (χ1n) is 5.27. The Morgan fingerprint density at radius 1 is 1.31 bits per heavy atom. The summed E-state index contributed by atoms with van der Waals surface area (Å²) in [6, 6.07) is 10.1. The largest absolute Gasteiger partial charge is 0.394 e. The van der Waals surface area contributed by atoms with E-state index in [-0.39, 0.29) is 30.7 Å². The Hall–Kier alpha value is -0.610. The van der Waals surface area contributed by atoms with E-state index in [4.69, 9.17) is 15.6 Å². The number of hydrogen-bond acceptors (Lipinski definition) is 3. The molecule has 0 radical (unpaired) electrons. The fourth-order valence-corrected chi connectivity index (χ4v) is 1.88. The summed E-state index contributed by atoms with van der Waals surface area (Å²) in [5.74, 6) is 0. The molecule has 0 heterocycles. The van der Waals surface area contributed by atoms with Crippen molar-refractivity contribution in [3.05, 3.63) is 35.9 Å². The van der Waals surface area contributed by atoms with Crippen molar-refractivity contribution in [1.29, 1.82) is 0 Å². The van der Waals surface area contributed by atoms with Crippen LogP contribution in [-0.4, -0.2) is 23.4 Å². The summed E-state index contributed by atoms with van der Waals surface area (Å²) < 4.78 is 5.67. The lowest BCUT2D eigenvalue weighted by Crippen LogP contribution is -2.57. The first-order valence-corrected chi connectivity index (χ1v) is 5.27. The van der Waals surface area contributed by atoms with Crippen molar-refractivity contribution < 1.29 is 9.84 Å². The Kier molecular flexibility index (Phi) is 4.74. The first kappa shape index (κ1) is 13.5. The van der Waals surface area contributed by atoms with E-state index in [1.54, 1.807) is 0 Å². The summed E-state index contributed by atoms with van der Waals surface area (Å²) in [5.41, 5.74) is 6.62. The Balaban J connectivity index is 0.00000128. The number of hydrogen-bond donors (Lipinski definition) is 2. The van der Waals surface area contributed by atoms with Crippen LogP contribution in [0.2, 0.25) is 0 Å². The molecular weight excluding hydrogens is 226 g/mol. The van der Waals surface area contributed by atoms with Gasteiger partial charge >= 0.3 is 0 Å². The van der Waals surface area contributed by atoms with Crippen LogP contribution in [0.4, 0.5) is 0 Å². The quantitative estimate of drug-likeness (QED) is 0.842. The molecule has 0 saturated heterocycles. The van der Waals surface area contributed by atoms with Crippen LogP contribution in [0, 0.1) is 0 Å². The third-order valence-electron chi connectivity index (χ3n) is 2.91. The second-order valence-corrected chi connectivity index (χ2v) is 4.35. The second-order valence-electron chi connectivity index (χ2n) is 4.35. The number of rotatable bonds is 4. The molecule has 0 unspecified atom stereocenters. The maximum Gasteiger partial charge on any atom is 0.0720 e. The van der Waals surface area contributed by atoms with Gasteiger partial charge in [-0.2, -0.15) is 0 Å². The van der Waals surface area contributed by atoms with Gasteiger partial charge in [-0.05, 0) is 18.4 Å². The average molecular weight is 244 g/mol. The smallest absolute Gasteiger partial charge is 0.0720 e. The van der Waals surface area contributed by atoms with Crippen LogP contribution in [0.15, 0.2) is 30.3 Å². The third-order valence-corrected chi connectivity index (χ3v) is 2.91. The van der Waals surface area contributed by atoms with Crippen molar-refractivity contribution in [2.24, 2.45) is 5.73 Å². The number of aliphatic hydroxyl groups excluding tert-OH is 1. The monoisotopic (exact) mass is 243 g/mol. The average Bonchev–Trinajstić information content (AvgIpc) is 2.24. The molecule has 0 spiro atoms. The van der Waals surface area contributed by atoms with Crippen LogP contribution in [0.3, 0.4) is 0 Å². The number of nitrogens with two attached hydrogens (primary N) is 1. The summed E-state index contributed by atoms with van der Waals surface area (Å²) in [5, 5.41) is 8.97. The molecule has 1 aromatic rings. The van der Waals surface area contributed by atoms with Crippen molar-refractivity contribution in [1.82, 2.24) is 0 Å². The Morgan fingerprint density at radius 3 is 2.50 bits per heavy atom. The summed E-state index contributed by atoms with van der Waals surface area (Å²) >= 11 is 0.